The average molecular weight is 297 g/mol. The molecule has 2 aromatic carbocycles. The Labute approximate surface area is 129 Å². The van der Waals surface area contributed by atoms with Gasteiger partial charge in [-0.05, 0) is 48.2 Å². The van der Waals surface area contributed by atoms with Crippen LogP contribution in [0.3, 0.4) is 0 Å². The molecular weight excluding hydrogens is 278 g/mol. The van der Waals surface area contributed by atoms with Gasteiger partial charge in [0.2, 0.25) is 0 Å². The quantitative estimate of drug-likeness (QED) is 0.912. The van der Waals surface area contributed by atoms with Gasteiger partial charge in [-0.15, -0.1) is 0 Å². The number of carbonyl (C=O) groups is 1. The number of nitrogens with one attached hydrogen (secondary N) is 1. The summed E-state index contributed by atoms with van der Waals surface area (Å²) in [5.41, 5.74) is 2.54. The van der Waals surface area contributed by atoms with E-state index >= 15 is 0 Å². The maximum Gasteiger partial charge on any atom is 0.251 e. The maximum absolute atomic E-state index is 12.2. The van der Waals surface area contributed by atoms with Crippen LogP contribution in [0.2, 0.25) is 0 Å². The van der Waals surface area contributed by atoms with Gasteiger partial charge in [-0.3, -0.25) is 4.79 Å². The van der Waals surface area contributed by atoms with E-state index in [1.54, 1.807) is 18.2 Å². The Morgan fingerprint density at radius 3 is 2.73 bits per heavy atom. The fourth-order valence-corrected chi connectivity index (χ4v) is 2.61. The van der Waals surface area contributed by atoms with Gasteiger partial charge in [-0.25, -0.2) is 0 Å². The van der Waals surface area contributed by atoms with Crippen LogP contribution in [0.4, 0.5) is 0 Å². The molecular formula is C18H19NO3. The van der Waals surface area contributed by atoms with Crippen LogP contribution in [0.15, 0.2) is 48.5 Å². The van der Waals surface area contributed by atoms with Crippen LogP contribution in [-0.4, -0.2) is 30.3 Å². The summed E-state index contributed by atoms with van der Waals surface area (Å²) in [7, 11) is 0. The van der Waals surface area contributed by atoms with Gasteiger partial charge in [0, 0.05) is 18.7 Å². The van der Waals surface area contributed by atoms with Crippen LogP contribution in [0.5, 0.6) is 5.75 Å². The fourth-order valence-electron chi connectivity index (χ4n) is 2.61. The second kappa shape index (κ2) is 6.62. The molecule has 1 amide bonds. The standard InChI is InChI=1S/C18H19NO3/c20-16-8-6-13(7-9-16)14-3-1-4-15(11-14)18(21)19-12-17-5-2-10-22-17/h1,3-4,6-9,11,17,20H,2,5,10,12H2,(H,19,21)/t17-/m0/s1. The Bertz CT molecular complexity index is 646. The van der Waals surface area contributed by atoms with E-state index in [2.05, 4.69) is 5.32 Å². The van der Waals surface area contributed by atoms with Crippen molar-refractivity contribution >= 4 is 5.91 Å². The number of hydrogen-bond donors (Lipinski definition) is 2. The molecule has 3 rings (SSSR count). The zero-order valence-electron chi connectivity index (χ0n) is 12.3. The number of ether oxygens (including phenoxy) is 1. The lowest BCUT2D eigenvalue weighted by atomic mass is 10.0. The number of phenolic OH excluding ortho intramolecular Hbond substituents is 1. The van der Waals surface area contributed by atoms with Crippen molar-refractivity contribution in [3.8, 4) is 16.9 Å². The van der Waals surface area contributed by atoms with E-state index in [9.17, 15) is 9.90 Å². The third kappa shape index (κ3) is 3.46. The van der Waals surface area contributed by atoms with Crippen LogP contribution in [0, 0.1) is 0 Å². The lowest BCUT2D eigenvalue weighted by molar-refractivity contribution is 0.0858. The molecule has 1 aliphatic heterocycles. The van der Waals surface area contributed by atoms with Crippen LogP contribution >= 0.6 is 0 Å². The average Bonchev–Trinajstić information content (AvgIpc) is 3.07. The van der Waals surface area contributed by atoms with Crippen molar-refractivity contribution in [3.05, 3.63) is 54.1 Å². The van der Waals surface area contributed by atoms with Gasteiger partial charge >= 0.3 is 0 Å². The van der Waals surface area contributed by atoms with Gasteiger partial charge in [-0.1, -0.05) is 24.3 Å². The first kappa shape index (κ1) is 14.6. The molecule has 2 aromatic rings. The van der Waals surface area contributed by atoms with Crippen molar-refractivity contribution in [1.29, 1.82) is 0 Å². The molecule has 1 fully saturated rings. The molecule has 0 bridgehead atoms. The van der Waals surface area contributed by atoms with Crippen LogP contribution in [0.25, 0.3) is 11.1 Å². The van der Waals surface area contributed by atoms with Gasteiger partial charge in [0.25, 0.3) is 5.91 Å². The topological polar surface area (TPSA) is 58.6 Å². The molecule has 4 heteroatoms. The molecule has 1 aliphatic rings. The lowest BCUT2D eigenvalue weighted by Gasteiger charge is -2.11. The summed E-state index contributed by atoms with van der Waals surface area (Å²) < 4.78 is 5.51. The second-order valence-electron chi connectivity index (χ2n) is 5.47. The lowest BCUT2D eigenvalue weighted by Crippen LogP contribution is -2.31. The summed E-state index contributed by atoms with van der Waals surface area (Å²) in [6.45, 7) is 1.35. The Morgan fingerprint density at radius 1 is 1.18 bits per heavy atom. The van der Waals surface area contributed by atoms with Gasteiger partial charge in [0.1, 0.15) is 5.75 Å². The molecule has 0 saturated carbocycles. The Balaban J connectivity index is 1.69. The number of phenols is 1. The SMILES string of the molecule is O=C(NC[C@@H]1CCCO1)c1cccc(-c2ccc(O)cc2)c1. The van der Waals surface area contributed by atoms with Gasteiger partial charge in [0.15, 0.2) is 0 Å². The molecule has 114 valence electrons. The number of rotatable bonds is 4. The highest BCUT2D eigenvalue weighted by atomic mass is 16.5. The van der Waals surface area contributed by atoms with Gasteiger partial charge < -0.3 is 15.2 Å². The summed E-state index contributed by atoms with van der Waals surface area (Å²) in [5.74, 6) is 0.144. The van der Waals surface area contributed by atoms with Crippen LogP contribution in [0.1, 0.15) is 23.2 Å². The molecule has 22 heavy (non-hydrogen) atoms. The number of carbonyl (C=O) groups excluding carboxylic acids is 1. The Morgan fingerprint density at radius 2 is 2.00 bits per heavy atom. The van der Waals surface area contributed by atoms with Crippen molar-refractivity contribution in [2.45, 2.75) is 18.9 Å². The molecule has 4 nitrogen and oxygen atoms in total. The first-order chi connectivity index (χ1) is 10.7. The third-order valence-corrected chi connectivity index (χ3v) is 3.84. The van der Waals surface area contributed by atoms with E-state index in [0.29, 0.717) is 12.1 Å². The Hall–Kier alpha value is -2.33. The number of aromatic hydroxyl groups is 1. The summed E-state index contributed by atoms with van der Waals surface area (Å²) in [6, 6.07) is 14.4. The third-order valence-electron chi connectivity index (χ3n) is 3.84. The largest absolute Gasteiger partial charge is 0.508 e. The minimum Gasteiger partial charge on any atom is -0.508 e. The second-order valence-corrected chi connectivity index (χ2v) is 5.47. The Kier molecular flexibility index (Phi) is 4.39. The first-order valence-corrected chi connectivity index (χ1v) is 7.51. The van der Waals surface area contributed by atoms with Crippen molar-refractivity contribution in [2.24, 2.45) is 0 Å². The van der Waals surface area contributed by atoms with Crippen LogP contribution < -0.4 is 5.32 Å². The van der Waals surface area contributed by atoms with E-state index in [4.69, 9.17) is 4.74 Å². The summed E-state index contributed by atoms with van der Waals surface area (Å²) in [5, 5.41) is 12.3. The highest BCUT2D eigenvalue weighted by molar-refractivity contribution is 5.95. The summed E-state index contributed by atoms with van der Waals surface area (Å²) in [4.78, 5) is 12.2. The van der Waals surface area contributed by atoms with Crippen molar-refractivity contribution in [1.82, 2.24) is 5.32 Å². The highest BCUT2D eigenvalue weighted by Crippen LogP contribution is 2.22. The first-order valence-electron chi connectivity index (χ1n) is 7.51. The van der Waals surface area contributed by atoms with E-state index < -0.39 is 0 Å². The molecule has 2 N–H and O–H groups in total. The number of benzene rings is 2. The molecule has 0 radical (unpaired) electrons. The summed E-state index contributed by atoms with van der Waals surface area (Å²) >= 11 is 0. The zero-order chi connectivity index (χ0) is 15.4. The molecule has 0 unspecified atom stereocenters. The molecule has 0 spiro atoms. The molecule has 1 heterocycles. The molecule has 0 aromatic heterocycles. The monoisotopic (exact) mass is 297 g/mol. The van der Waals surface area contributed by atoms with Crippen molar-refractivity contribution in [3.63, 3.8) is 0 Å². The number of hydrogen-bond acceptors (Lipinski definition) is 3. The molecule has 1 atom stereocenters. The zero-order valence-corrected chi connectivity index (χ0v) is 12.3. The van der Waals surface area contributed by atoms with Gasteiger partial charge in [0.05, 0.1) is 6.10 Å². The fraction of sp³-hybridized carbons (Fsp3) is 0.278. The number of amides is 1. The van der Waals surface area contributed by atoms with Gasteiger partial charge in [-0.2, -0.15) is 0 Å². The minimum absolute atomic E-state index is 0.0869. The minimum atomic E-state index is -0.0869. The highest BCUT2D eigenvalue weighted by Gasteiger charge is 2.16. The normalized spacial score (nSPS) is 17.4. The predicted octanol–water partition coefficient (Wildman–Crippen LogP) is 2.97. The van der Waals surface area contributed by atoms with Crippen LogP contribution in [-0.2, 0) is 4.74 Å². The predicted molar refractivity (Wildman–Crippen MR) is 84.9 cm³/mol. The van der Waals surface area contributed by atoms with E-state index in [1.807, 2.05) is 30.3 Å². The summed E-state index contributed by atoms with van der Waals surface area (Å²) in [6.07, 6.45) is 2.22. The van der Waals surface area contributed by atoms with E-state index in [1.165, 1.54) is 0 Å². The van der Waals surface area contributed by atoms with E-state index in [0.717, 1.165) is 30.6 Å². The van der Waals surface area contributed by atoms with E-state index in [-0.39, 0.29) is 17.8 Å². The smallest absolute Gasteiger partial charge is 0.251 e. The van der Waals surface area contributed by atoms with Crippen molar-refractivity contribution in [2.75, 3.05) is 13.2 Å². The maximum atomic E-state index is 12.2. The molecule has 0 aliphatic carbocycles. The molecule has 1 saturated heterocycles. The van der Waals surface area contributed by atoms with Crippen molar-refractivity contribution < 1.29 is 14.6 Å².